The van der Waals surface area contributed by atoms with Gasteiger partial charge in [0.1, 0.15) is 12.7 Å². The Labute approximate surface area is 202 Å². The van der Waals surface area contributed by atoms with Crippen molar-refractivity contribution in [1.82, 2.24) is 15.1 Å². The summed E-state index contributed by atoms with van der Waals surface area (Å²) in [6.07, 6.45) is 9.09. The molecule has 2 fully saturated rings. The van der Waals surface area contributed by atoms with Crippen LogP contribution in [0.5, 0.6) is 0 Å². The van der Waals surface area contributed by atoms with E-state index in [1.54, 1.807) is 22.0 Å². The fourth-order valence-corrected chi connectivity index (χ4v) is 4.70. The monoisotopic (exact) mass is 489 g/mol. The molecular weight excluding hydrogens is 462 g/mol. The second-order valence-corrected chi connectivity index (χ2v) is 8.91. The van der Waals surface area contributed by atoms with Crippen LogP contribution in [0.3, 0.4) is 0 Å². The van der Waals surface area contributed by atoms with E-state index in [0.29, 0.717) is 55.6 Å². The lowest BCUT2D eigenvalue weighted by atomic mass is 9.98. The van der Waals surface area contributed by atoms with Gasteiger partial charge in [0, 0.05) is 29.5 Å². The van der Waals surface area contributed by atoms with Crippen LogP contribution in [0.1, 0.15) is 19.3 Å². The van der Waals surface area contributed by atoms with Gasteiger partial charge in [0.05, 0.1) is 37.4 Å². The summed E-state index contributed by atoms with van der Waals surface area (Å²) in [5.74, 6) is -1.15. The van der Waals surface area contributed by atoms with Gasteiger partial charge < -0.3 is 30.3 Å². The molecule has 0 bridgehead atoms. The summed E-state index contributed by atoms with van der Waals surface area (Å²) in [6, 6.07) is -0.137. The van der Waals surface area contributed by atoms with Crippen molar-refractivity contribution in [3.63, 3.8) is 0 Å². The molecule has 2 heterocycles. The fourth-order valence-electron chi connectivity index (χ4n) is 4.38. The third-order valence-corrected chi connectivity index (χ3v) is 6.54. The molecular formula is C23H28ClN5O5. The standard InChI is InChI=1S/C23H28ClN5O5/c24-18-10-14(4-5-17(18)22(25)26)27-20(30)12-19-23(32)29(7-9-34-19)16-3-1-2-15(11-16)28-6-8-33-13-21(28)31/h1,3-4,10-11,15,17,19H,2,5-9,12-13H2,(H3,25,26)(H,27,30)/t15?,17?,19-/m1/s1. The maximum atomic E-state index is 13.1. The summed E-state index contributed by atoms with van der Waals surface area (Å²) in [6.45, 7) is 1.75. The first kappa shape index (κ1) is 24.2. The topological polar surface area (TPSA) is 138 Å². The van der Waals surface area contributed by atoms with Crippen molar-refractivity contribution in [3.05, 3.63) is 46.8 Å². The molecule has 34 heavy (non-hydrogen) atoms. The number of rotatable bonds is 6. The molecule has 0 saturated carbocycles. The SMILES string of the molecule is N=C(N)C1CC=C(NC(=O)C[C@H]2OCCN(C3=CC(N4CCOCC4=O)CC=C3)C2=O)C=C1Cl. The van der Waals surface area contributed by atoms with Crippen molar-refractivity contribution < 1.29 is 23.9 Å². The number of amides is 3. The Bertz CT molecular complexity index is 1000. The number of carbonyl (C=O) groups excluding carboxylic acids is 3. The maximum Gasteiger partial charge on any atom is 0.256 e. The molecule has 0 aromatic rings. The molecule has 4 N–H and O–H groups in total. The van der Waals surface area contributed by atoms with Crippen molar-refractivity contribution in [2.75, 3.05) is 32.9 Å². The molecule has 11 heteroatoms. The average Bonchev–Trinajstić information content (AvgIpc) is 2.80. The van der Waals surface area contributed by atoms with Crippen LogP contribution in [0, 0.1) is 11.3 Å². The highest BCUT2D eigenvalue weighted by atomic mass is 35.5. The summed E-state index contributed by atoms with van der Waals surface area (Å²) in [7, 11) is 0. The van der Waals surface area contributed by atoms with Crippen molar-refractivity contribution in [3.8, 4) is 0 Å². The van der Waals surface area contributed by atoms with E-state index in [9.17, 15) is 14.4 Å². The molecule has 0 radical (unpaired) electrons. The predicted molar refractivity (Wildman–Crippen MR) is 124 cm³/mol. The number of hydrogen-bond acceptors (Lipinski definition) is 6. The van der Waals surface area contributed by atoms with Crippen LogP contribution in [0.15, 0.2) is 46.8 Å². The number of nitrogens with one attached hydrogen (secondary N) is 2. The zero-order valence-electron chi connectivity index (χ0n) is 18.7. The molecule has 2 unspecified atom stereocenters. The van der Waals surface area contributed by atoms with Crippen molar-refractivity contribution >= 4 is 35.2 Å². The van der Waals surface area contributed by atoms with Gasteiger partial charge in [0.2, 0.25) is 11.8 Å². The van der Waals surface area contributed by atoms with Crippen molar-refractivity contribution in [1.29, 1.82) is 5.41 Å². The highest BCUT2D eigenvalue weighted by Crippen LogP contribution is 2.27. The van der Waals surface area contributed by atoms with Crippen LogP contribution in [0.25, 0.3) is 0 Å². The minimum atomic E-state index is -0.915. The van der Waals surface area contributed by atoms with E-state index >= 15 is 0 Å². The van der Waals surface area contributed by atoms with Crippen LogP contribution < -0.4 is 11.1 Å². The van der Waals surface area contributed by atoms with Gasteiger partial charge in [-0.2, -0.15) is 0 Å². The van der Waals surface area contributed by atoms with Crippen LogP contribution in [-0.2, 0) is 23.9 Å². The van der Waals surface area contributed by atoms with Crippen molar-refractivity contribution in [2.45, 2.75) is 31.4 Å². The Hall–Kier alpha value is -2.95. The summed E-state index contributed by atoms with van der Waals surface area (Å²) >= 11 is 6.17. The maximum absolute atomic E-state index is 13.1. The van der Waals surface area contributed by atoms with E-state index in [1.165, 1.54) is 0 Å². The first-order chi connectivity index (χ1) is 16.3. The highest BCUT2D eigenvalue weighted by Gasteiger charge is 2.35. The number of allylic oxidation sites excluding steroid dienone is 3. The van der Waals surface area contributed by atoms with E-state index in [2.05, 4.69) is 5.32 Å². The fraction of sp³-hybridized carbons (Fsp3) is 0.478. The molecule has 2 aliphatic heterocycles. The highest BCUT2D eigenvalue weighted by molar-refractivity contribution is 6.31. The van der Waals surface area contributed by atoms with Gasteiger partial charge in [-0.3, -0.25) is 19.8 Å². The number of morpholine rings is 2. The van der Waals surface area contributed by atoms with Crippen LogP contribution in [0.2, 0.25) is 0 Å². The Kier molecular flexibility index (Phi) is 7.50. The summed E-state index contributed by atoms with van der Waals surface area (Å²) < 4.78 is 10.8. The smallest absolute Gasteiger partial charge is 0.256 e. The Morgan fingerprint density at radius 3 is 2.82 bits per heavy atom. The quantitative estimate of drug-likeness (QED) is 0.372. The molecule has 2 aliphatic carbocycles. The predicted octanol–water partition coefficient (Wildman–Crippen LogP) is 0.754. The molecule has 4 rings (SSSR count). The first-order valence-corrected chi connectivity index (χ1v) is 11.6. The van der Waals surface area contributed by atoms with Gasteiger partial charge in [-0.05, 0) is 31.1 Å². The molecule has 0 aromatic heterocycles. The molecule has 182 valence electrons. The number of hydrogen-bond donors (Lipinski definition) is 3. The van der Waals surface area contributed by atoms with E-state index in [1.807, 2.05) is 18.2 Å². The molecule has 2 saturated heterocycles. The van der Waals surface area contributed by atoms with Gasteiger partial charge in [-0.1, -0.05) is 23.8 Å². The minimum Gasteiger partial charge on any atom is -0.387 e. The lowest BCUT2D eigenvalue weighted by molar-refractivity contribution is -0.152. The Morgan fingerprint density at radius 2 is 2.09 bits per heavy atom. The summed E-state index contributed by atoms with van der Waals surface area (Å²) in [5.41, 5.74) is 6.73. The zero-order chi connectivity index (χ0) is 24.2. The van der Waals surface area contributed by atoms with E-state index in [0.717, 1.165) is 0 Å². The van der Waals surface area contributed by atoms with Gasteiger partial charge in [0.15, 0.2) is 0 Å². The van der Waals surface area contributed by atoms with Gasteiger partial charge in [0.25, 0.3) is 5.91 Å². The Balaban J connectivity index is 1.37. The molecule has 10 nitrogen and oxygen atoms in total. The van der Waals surface area contributed by atoms with Crippen molar-refractivity contribution in [2.24, 2.45) is 11.7 Å². The Morgan fingerprint density at radius 1 is 1.26 bits per heavy atom. The molecule has 0 spiro atoms. The van der Waals surface area contributed by atoms with E-state index in [-0.39, 0.29) is 48.5 Å². The number of carbonyl (C=O) groups is 3. The molecule has 0 aromatic carbocycles. The first-order valence-electron chi connectivity index (χ1n) is 11.2. The number of nitrogens with zero attached hydrogens (tertiary/aromatic N) is 2. The van der Waals surface area contributed by atoms with Gasteiger partial charge in [-0.15, -0.1) is 0 Å². The zero-order valence-corrected chi connectivity index (χ0v) is 19.4. The summed E-state index contributed by atoms with van der Waals surface area (Å²) in [5, 5.41) is 10.7. The van der Waals surface area contributed by atoms with E-state index < -0.39 is 6.10 Å². The number of ether oxygens (including phenoxy) is 2. The van der Waals surface area contributed by atoms with Crippen LogP contribution >= 0.6 is 11.6 Å². The lowest BCUT2D eigenvalue weighted by Crippen LogP contribution is -2.50. The largest absolute Gasteiger partial charge is 0.387 e. The molecule has 3 amide bonds. The second-order valence-electron chi connectivity index (χ2n) is 8.47. The van der Waals surface area contributed by atoms with Crippen LogP contribution in [-0.4, -0.2) is 78.4 Å². The molecule has 4 aliphatic rings. The van der Waals surface area contributed by atoms with Crippen LogP contribution in [0.4, 0.5) is 0 Å². The second kappa shape index (κ2) is 10.5. The normalized spacial score (nSPS) is 27.7. The number of halogens is 1. The number of nitrogens with two attached hydrogens (primary N) is 1. The summed E-state index contributed by atoms with van der Waals surface area (Å²) in [4.78, 5) is 41.3. The van der Waals surface area contributed by atoms with E-state index in [4.69, 9.17) is 32.2 Å². The minimum absolute atomic E-state index is 0.0320. The number of amidine groups is 1. The lowest BCUT2D eigenvalue weighted by Gasteiger charge is -2.37. The van der Waals surface area contributed by atoms with Gasteiger partial charge in [-0.25, -0.2) is 0 Å². The third kappa shape index (κ3) is 5.40. The third-order valence-electron chi connectivity index (χ3n) is 6.17. The average molecular weight is 490 g/mol. The van der Waals surface area contributed by atoms with Gasteiger partial charge >= 0.3 is 0 Å². The molecule has 3 atom stereocenters.